The van der Waals surface area contributed by atoms with Crippen molar-refractivity contribution in [3.8, 4) is 0 Å². The molecule has 0 aliphatic heterocycles. The van der Waals surface area contributed by atoms with Gasteiger partial charge in [-0.1, -0.05) is 19.0 Å². The first-order valence-electron chi connectivity index (χ1n) is 5.56. The minimum Gasteiger partial charge on any atom is -0.381 e. The molecular formula is C11H17N3O4. The van der Waals surface area contributed by atoms with Crippen LogP contribution in [0.5, 0.6) is 0 Å². The number of carbonyl (C=O) groups is 2. The van der Waals surface area contributed by atoms with Crippen molar-refractivity contribution in [3.63, 3.8) is 0 Å². The Balaban J connectivity index is 2.78. The molecule has 100 valence electrons. The Hall–Kier alpha value is -1.89. The van der Waals surface area contributed by atoms with Gasteiger partial charge in [0.1, 0.15) is 11.7 Å². The topological polar surface area (TPSA) is 118 Å². The van der Waals surface area contributed by atoms with E-state index >= 15 is 0 Å². The van der Waals surface area contributed by atoms with Gasteiger partial charge in [0.15, 0.2) is 5.76 Å². The zero-order valence-corrected chi connectivity index (χ0v) is 10.6. The SMILES string of the molecule is Cc1noc(C(C)C)c1C(=O)NCC(O)C(N)=O. The number of aliphatic hydroxyl groups excluding tert-OH is 1. The van der Waals surface area contributed by atoms with E-state index in [1.54, 1.807) is 6.92 Å². The number of aromatic nitrogens is 1. The van der Waals surface area contributed by atoms with Gasteiger partial charge in [-0.25, -0.2) is 0 Å². The number of hydrogen-bond acceptors (Lipinski definition) is 5. The summed E-state index contributed by atoms with van der Waals surface area (Å²) < 4.78 is 5.07. The number of nitrogens with two attached hydrogens (primary N) is 1. The van der Waals surface area contributed by atoms with Gasteiger partial charge < -0.3 is 20.7 Å². The van der Waals surface area contributed by atoms with Gasteiger partial charge in [0.25, 0.3) is 5.91 Å². The van der Waals surface area contributed by atoms with E-state index in [-0.39, 0.29) is 12.5 Å². The van der Waals surface area contributed by atoms with E-state index in [0.717, 1.165) is 0 Å². The lowest BCUT2D eigenvalue weighted by molar-refractivity contribution is -0.125. The zero-order valence-electron chi connectivity index (χ0n) is 10.6. The first-order chi connectivity index (χ1) is 8.34. The minimum absolute atomic E-state index is 0.00742. The molecule has 7 heteroatoms. The summed E-state index contributed by atoms with van der Waals surface area (Å²) in [5.74, 6) is -0.856. The van der Waals surface area contributed by atoms with Gasteiger partial charge in [-0.05, 0) is 6.92 Å². The molecule has 7 nitrogen and oxygen atoms in total. The summed E-state index contributed by atoms with van der Waals surface area (Å²) in [4.78, 5) is 22.5. The predicted molar refractivity (Wildman–Crippen MR) is 62.9 cm³/mol. The minimum atomic E-state index is -1.41. The molecule has 18 heavy (non-hydrogen) atoms. The molecule has 0 aromatic carbocycles. The number of aliphatic hydroxyl groups is 1. The van der Waals surface area contributed by atoms with Crippen LogP contribution in [0.2, 0.25) is 0 Å². The fourth-order valence-corrected chi connectivity index (χ4v) is 1.44. The monoisotopic (exact) mass is 255 g/mol. The molecule has 0 aliphatic rings. The second-order valence-corrected chi connectivity index (χ2v) is 4.29. The van der Waals surface area contributed by atoms with Crippen molar-refractivity contribution in [2.75, 3.05) is 6.54 Å². The van der Waals surface area contributed by atoms with E-state index in [4.69, 9.17) is 10.3 Å². The molecule has 0 aliphatic carbocycles. The molecule has 1 aromatic rings. The maximum Gasteiger partial charge on any atom is 0.256 e. The van der Waals surface area contributed by atoms with E-state index in [1.807, 2.05) is 13.8 Å². The number of primary amides is 1. The van der Waals surface area contributed by atoms with E-state index in [2.05, 4.69) is 10.5 Å². The number of nitrogens with zero attached hydrogens (tertiary/aromatic N) is 1. The van der Waals surface area contributed by atoms with Crippen molar-refractivity contribution in [3.05, 3.63) is 17.0 Å². The Morgan fingerprint density at radius 1 is 1.50 bits per heavy atom. The van der Waals surface area contributed by atoms with E-state index < -0.39 is 17.9 Å². The summed E-state index contributed by atoms with van der Waals surface area (Å²) in [5, 5.41) is 15.3. The van der Waals surface area contributed by atoms with Gasteiger partial charge >= 0.3 is 0 Å². The normalized spacial score (nSPS) is 12.5. The van der Waals surface area contributed by atoms with Crippen molar-refractivity contribution in [1.29, 1.82) is 0 Å². The first kappa shape index (κ1) is 14.2. The quantitative estimate of drug-likeness (QED) is 0.666. The maximum atomic E-state index is 11.9. The van der Waals surface area contributed by atoms with Crippen molar-refractivity contribution in [1.82, 2.24) is 10.5 Å². The van der Waals surface area contributed by atoms with Gasteiger partial charge in [0.2, 0.25) is 5.91 Å². The largest absolute Gasteiger partial charge is 0.381 e. The Morgan fingerprint density at radius 3 is 2.61 bits per heavy atom. The molecule has 2 amide bonds. The molecule has 4 N–H and O–H groups in total. The van der Waals surface area contributed by atoms with Crippen LogP contribution in [0.3, 0.4) is 0 Å². The van der Waals surface area contributed by atoms with Crippen molar-refractivity contribution >= 4 is 11.8 Å². The number of rotatable bonds is 5. The summed E-state index contributed by atoms with van der Waals surface area (Å²) >= 11 is 0. The Morgan fingerprint density at radius 2 is 2.11 bits per heavy atom. The lowest BCUT2D eigenvalue weighted by atomic mass is 10.0. The van der Waals surface area contributed by atoms with E-state index in [1.165, 1.54) is 0 Å². The van der Waals surface area contributed by atoms with E-state index in [0.29, 0.717) is 17.0 Å². The molecule has 0 fully saturated rings. The molecule has 0 saturated carbocycles. The van der Waals surface area contributed by atoms with Crippen LogP contribution in [0, 0.1) is 6.92 Å². The fourth-order valence-electron chi connectivity index (χ4n) is 1.44. The van der Waals surface area contributed by atoms with Gasteiger partial charge in [-0.15, -0.1) is 0 Å². The summed E-state index contributed by atoms with van der Waals surface area (Å²) in [6.45, 7) is 5.15. The number of aryl methyl sites for hydroxylation is 1. The zero-order chi connectivity index (χ0) is 13.9. The van der Waals surface area contributed by atoms with Crippen LogP contribution in [-0.4, -0.2) is 34.7 Å². The highest BCUT2D eigenvalue weighted by Gasteiger charge is 2.23. The van der Waals surface area contributed by atoms with Crippen LogP contribution in [0.15, 0.2) is 4.52 Å². The molecule has 0 saturated heterocycles. The van der Waals surface area contributed by atoms with Crippen LogP contribution in [0.4, 0.5) is 0 Å². The Kier molecular flexibility index (Phi) is 4.43. The number of hydrogen-bond donors (Lipinski definition) is 3. The number of carbonyl (C=O) groups excluding carboxylic acids is 2. The standard InChI is InChI=1S/C11H17N3O4/c1-5(2)9-8(6(3)14-18-9)11(17)13-4-7(15)10(12)16/h5,7,15H,4H2,1-3H3,(H2,12,16)(H,13,17). The molecule has 1 unspecified atom stereocenters. The average Bonchev–Trinajstić information content (AvgIpc) is 2.67. The highest BCUT2D eigenvalue weighted by molar-refractivity contribution is 5.96. The van der Waals surface area contributed by atoms with Crippen LogP contribution in [0.1, 0.15) is 41.6 Å². The van der Waals surface area contributed by atoms with Crippen molar-refractivity contribution < 1.29 is 19.2 Å². The van der Waals surface area contributed by atoms with E-state index in [9.17, 15) is 14.7 Å². The molecule has 0 spiro atoms. The van der Waals surface area contributed by atoms with Crippen LogP contribution in [0.25, 0.3) is 0 Å². The molecule has 1 heterocycles. The maximum absolute atomic E-state index is 11.9. The third kappa shape index (κ3) is 3.07. The molecule has 1 atom stereocenters. The molecule has 1 aromatic heterocycles. The van der Waals surface area contributed by atoms with Crippen molar-refractivity contribution in [2.45, 2.75) is 32.8 Å². The highest BCUT2D eigenvalue weighted by atomic mass is 16.5. The smallest absolute Gasteiger partial charge is 0.256 e. The van der Waals surface area contributed by atoms with Crippen LogP contribution < -0.4 is 11.1 Å². The number of amides is 2. The Labute approximate surface area is 104 Å². The predicted octanol–water partition coefficient (Wildman–Crippen LogP) is -0.318. The van der Waals surface area contributed by atoms with Crippen LogP contribution in [-0.2, 0) is 4.79 Å². The lowest BCUT2D eigenvalue weighted by Crippen LogP contribution is -2.40. The summed E-state index contributed by atoms with van der Waals surface area (Å²) in [6.07, 6.45) is -1.41. The third-order valence-corrected chi connectivity index (χ3v) is 2.42. The molecule has 0 radical (unpaired) electrons. The molecule has 1 rings (SSSR count). The van der Waals surface area contributed by atoms with Gasteiger partial charge in [-0.3, -0.25) is 9.59 Å². The van der Waals surface area contributed by atoms with Gasteiger partial charge in [0.05, 0.1) is 12.2 Å². The van der Waals surface area contributed by atoms with Crippen LogP contribution >= 0.6 is 0 Å². The van der Waals surface area contributed by atoms with Gasteiger partial charge in [0, 0.05) is 5.92 Å². The molecule has 0 bridgehead atoms. The second kappa shape index (κ2) is 5.63. The summed E-state index contributed by atoms with van der Waals surface area (Å²) in [6, 6.07) is 0. The summed E-state index contributed by atoms with van der Waals surface area (Å²) in [5.41, 5.74) is 5.68. The third-order valence-electron chi connectivity index (χ3n) is 2.42. The lowest BCUT2D eigenvalue weighted by Gasteiger charge is -2.09. The highest BCUT2D eigenvalue weighted by Crippen LogP contribution is 2.21. The van der Waals surface area contributed by atoms with Gasteiger partial charge in [-0.2, -0.15) is 0 Å². The fraction of sp³-hybridized carbons (Fsp3) is 0.545. The number of nitrogens with one attached hydrogen (secondary N) is 1. The Bertz CT molecular complexity index is 453. The second-order valence-electron chi connectivity index (χ2n) is 4.29. The first-order valence-corrected chi connectivity index (χ1v) is 5.56. The summed E-state index contributed by atoms with van der Waals surface area (Å²) in [7, 11) is 0. The average molecular weight is 255 g/mol. The molecular weight excluding hydrogens is 238 g/mol. The van der Waals surface area contributed by atoms with Crippen molar-refractivity contribution in [2.24, 2.45) is 5.73 Å².